The largest absolute Gasteiger partial charge is 0.573 e. The van der Waals surface area contributed by atoms with Crippen LogP contribution in [0.5, 0.6) is 5.75 Å². The molecule has 1 heterocycles. The van der Waals surface area contributed by atoms with Gasteiger partial charge in [-0.3, -0.25) is 9.59 Å². The van der Waals surface area contributed by atoms with E-state index in [0.29, 0.717) is 18.9 Å². The number of benzene rings is 2. The number of piperidine rings is 1. The van der Waals surface area contributed by atoms with E-state index in [1.54, 1.807) is 0 Å². The number of para-hydroxylation sites is 1. The van der Waals surface area contributed by atoms with Crippen molar-refractivity contribution in [3.05, 3.63) is 59.7 Å². The van der Waals surface area contributed by atoms with Gasteiger partial charge in [-0.1, -0.05) is 18.2 Å². The highest BCUT2D eigenvalue weighted by molar-refractivity contribution is 7.89. The number of nitrogens with one attached hydrogen (secondary N) is 1. The van der Waals surface area contributed by atoms with Crippen LogP contribution in [0.25, 0.3) is 0 Å². The zero-order valence-electron chi connectivity index (χ0n) is 23.0. The van der Waals surface area contributed by atoms with Crippen LogP contribution in [0.1, 0.15) is 48.0 Å². The molecule has 2 aliphatic rings. The van der Waals surface area contributed by atoms with E-state index in [-0.39, 0.29) is 25.9 Å². The van der Waals surface area contributed by atoms with Crippen LogP contribution in [-0.4, -0.2) is 73.2 Å². The lowest BCUT2D eigenvalue weighted by molar-refractivity contribution is -0.274. The number of ether oxygens (including phenoxy) is 1. The Labute approximate surface area is 251 Å². The third-order valence-corrected chi connectivity index (χ3v) is 9.18. The summed E-state index contributed by atoms with van der Waals surface area (Å²) in [6.45, 7) is -0.522. The molecule has 1 saturated heterocycles. The lowest BCUT2D eigenvalue weighted by Gasteiger charge is -2.39. The van der Waals surface area contributed by atoms with Gasteiger partial charge >= 0.3 is 18.7 Å². The van der Waals surface area contributed by atoms with Crippen LogP contribution in [0.2, 0.25) is 0 Å². The number of hydrogen-bond donors (Lipinski definition) is 1. The molecule has 0 radical (unpaired) electrons. The van der Waals surface area contributed by atoms with Crippen LogP contribution < -0.4 is 10.1 Å². The molecule has 1 aliphatic carbocycles. The van der Waals surface area contributed by atoms with Crippen molar-refractivity contribution < 1.29 is 62.3 Å². The van der Waals surface area contributed by atoms with Gasteiger partial charge in [0.2, 0.25) is 15.9 Å². The predicted molar refractivity (Wildman–Crippen MR) is 138 cm³/mol. The molecule has 2 aromatic rings. The van der Waals surface area contributed by atoms with Crippen LogP contribution in [0, 0.1) is 0 Å². The maximum absolute atomic E-state index is 13.5. The molecule has 1 N–H and O–H groups in total. The van der Waals surface area contributed by atoms with Crippen molar-refractivity contribution in [3.8, 4) is 5.75 Å². The van der Waals surface area contributed by atoms with Crippen molar-refractivity contribution in [1.82, 2.24) is 14.5 Å². The minimum Gasteiger partial charge on any atom is -0.405 e. The van der Waals surface area contributed by atoms with Crippen molar-refractivity contribution >= 4 is 21.8 Å². The fourth-order valence-corrected chi connectivity index (χ4v) is 7.05. The van der Waals surface area contributed by atoms with E-state index in [2.05, 4.69) is 4.74 Å². The highest BCUT2D eigenvalue weighted by atomic mass is 32.2. The fourth-order valence-electron chi connectivity index (χ4n) is 5.07. The second-order valence-corrected chi connectivity index (χ2v) is 12.4. The number of likely N-dealkylation sites (tertiary alicyclic amines) is 1. The first-order chi connectivity index (χ1) is 20.8. The third-order valence-electron chi connectivity index (χ3n) is 7.18. The molecular weight excluding hydrogens is 649 g/mol. The summed E-state index contributed by atoms with van der Waals surface area (Å²) in [6.07, 6.45) is -16.1. The maximum atomic E-state index is 13.5. The van der Waals surface area contributed by atoms with Crippen molar-refractivity contribution in [2.75, 3.05) is 13.1 Å². The third kappa shape index (κ3) is 8.80. The Morgan fingerprint density at radius 1 is 0.889 bits per heavy atom. The average molecular weight is 676 g/mol. The number of carbonyl (C=O) groups excluding carboxylic acids is 2. The van der Waals surface area contributed by atoms with Crippen LogP contribution >= 0.6 is 0 Å². The van der Waals surface area contributed by atoms with Gasteiger partial charge in [0.1, 0.15) is 11.8 Å². The topological polar surface area (TPSA) is 96.0 Å². The van der Waals surface area contributed by atoms with Gasteiger partial charge in [-0.15, -0.1) is 13.2 Å². The molecule has 0 bridgehead atoms. The molecule has 45 heavy (non-hydrogen) atoms. The van der Waals surface area contributed by atoms with E-state index in [0.717, 1.165) is 51.7 Å². The molecule has 18 heteroatoms. The molecule has 2 amide bonds. The zero-order chi connectivity index (χ0) is 33.4. The van der Waals surface area contributed by atoms with Gasteiger partial charge in [-0.25, -0.2) is 8.42 Å². The standard InChI is InChI=1S/C27H26F9N3O5S/c28-25(29,30)15-21(37-23(40)20-6-1-2-7-22(20)44-27(34,35)36)24(41)38-12-10-18(11-13-38)39(17-8-9-17)45(42,43)19-5-3-4-16(14-19)26(31,32)33/h1-7,14,17-18,21H,8-13,15H2,(H,37,40)/t21-/m1/s1. The number of hydrogen-bond acceptors (Lipinski definition) is 5. The normalized spacial score (nSPS) is 17.7. The first-order valence-electron chi connectivity index (χ1n) is 13.5. The summed E-state index contributed by atoms with van der Waals surface area (Å²) in [5, 5.41) is 1.84. The molecule has 248 valence electrons. The molecule has 0 aromatic heterocycles. The summed E-state index contributed by atoms with van der Waals surface area (Å²) >= 11 is 0. The van der Waals surface area contributed by atoms with Crippen LogP contribution in [0.4, 0.5) is 39.5 Å². The van der Waals surface area contributed by atoms with E-state index in [9.17, 15) is 57.5 Å². The highest BCUT2D eigenvalue weighted by Crippen LogP contribution is 2.38. The number of amides is 2. The second-order valence-electron chi connectivity index (χ2n) is 10.5. The van der Waals surface area contributed by atoms with Crippen molar-refractivity contribution in [1.29, 1.82) is 0 Å². The lowest BCUT2D eigenvalue weighted by atomic mass is 10.0. The molecule has 0 spiro atoms. The van der Waals surface area contributed by atoms with Crippen molar-refractivity contribution in [3.63, 3.8) is 0 Å². The Morgan fingerprint density at radius 2 is 1.49 bits per heavy atom. The molecule has 1 saturated carbocycles. The molecular formula is C27H26F9N3O5S. The van der Waals surface area contributed by atoms with Crippen LogP contribution in [-0.2, 0) is 21.0 Å². The summed E-state index contributed by atoms with van der Waals surface area (Å²) in [6, 6.07) is 3.58. The molecule has 2 aromatic carbocycles. The molecule has 8 nitrogen and oxygen atoms in total. The number of carbonyl (C=O) groups is 2. The summed E-state index contributed by atoms with van der Waals surface area (Å²) < 4.78 is 150. The first kappa shape index (κ1) is 34.3. The van der Waals surface area contributed by atoms with Gasteiger partial charge in [-0.05, 0) is 56.0 Å². The van der Waals surface area contributed by atoms with E-state index in [4.69, 9.17) is 0 Å². The van der Waals surface area contributed by atoms with E-state index >= 15 is 0 Å². The molecule has 2 fully saturated rings. The van der Waals surface area contributed by atoms with Gasteiger partial charge in [0.15, 0.2) is 0 Å². The Bertz CT molecular complexity index is 1500. The monoisotopic (exact) mass is 675 g/mol. The SMILES string of the molecule is O=C(N[C@H](CC(F)(F)F)C(=O)N1CCC(N(C2CC2)S(=O)(=O)c2cccc(C(F)(F)F)c2)CC1)c1ccccc1OC(F)(F)F. The summed E-state index contributed by atoms with van der Waals surface area (Å²) in [4.78, 5) is 26.3. The number of alkyl halides is 9. The zero-order valence-corrected chi connectivity index (χ0v) is 23.9. The maximum Gasteiger partial charge on any atom is 0.573 e. The number of sulfonamides is 1. The minimum absolute atomic E-state index is 0.0740. The smallest absolute Gasteiger partial charge is 0.405 e. The predicted octanol–water partition coefficient (Wildman–Crippen LogP) is 5.50. The number of nitrogens with zero attached hydrogens (tertiary/aromatic N) is 2. The van der Waals surface area contributed by atoms with Gasteiger partial charge in [-0.2, -0.15) is 30.6 Å². The molecule has 4 rings (SSSR count). The van der Waals surface area contributed by atoms with Crippen molar-refractivity contribution in [2.45, 2.75) is 73.8 Å². The fraction of sp³-hybridized carbons (Fsp3) is 0.481. The number of rotatable bonds is 9. The first-order valence-corrected chi connectivity index (χ1v) is 14.9. The Kier molecular flexibility index (Phi) is 9.68. The summed E-state index contributed by atoms with van der Waals surface area (Å²) in [5.74, 6) is -3.63. The molecule has 1 aliphatic heterocycles. The van der Waals surface area contributed by atoms with Gasteiger partial charge in [0.25, 0.3) is 5.91 Å². The number of halogens is 9. The minimum atomic E-state index is -5.22. The van der Waals surface area contributed by atoms with E-state index in [1.807, 2.05) is 5.32 Å². The van der Waals surface area contributed by atoms with Crippen LogP contribution in [0.15, 0.2) is 53.4 Å². The van der Waals surface area contributed by atoms with Gasteiger partial charge in [0, 0.05) is 25.2 Å². The summed E-state index contributed by atoms with van der Waals surface area (Å²) in [7, 11) is -4.43. The average Bonchev–Trinajstić information content (AvgIpc) is 3.76. The van der Waals surface area contributed by atoms with E-state index < -0.39 is 86.9 Å². The summed E-state index contributed by atoms with van der Waals surface area (Å²) in [5.41, 5.74) is -1.93. The Balaban J connectivity index is 1.50. The Morgan fingerprint density at radius 3 is 2.04 bits per heavy atom. The van der Waals surface area contributed by atoms with Gasteiger partial charge in [0.05, 0.1) is 22.4 Å². The Hall–Kier alpha value is -3.54. The molecule has 1 atom stereocenters. The van der Waals surface area contributed by atoms with Gasteiger partial charge < -0.3 is 15.0 Å². The van der Waals surface area contributed by atoms with E-state index in [1.165, 1.54) is 0 Å². The second kappa shape index (κ2) is 12.7. The quantitative estimate of drug-likeness (QED) is 0.355. The highest BCUT2D eigenvalue weighted by Gasteiger charge is 2.46. The van der Waals surface area contributed by atoms with Crippen LogP contribution in [0.3, 0.4) is 0 Å². The molecule has 0 unspecified atom stereocenters. The lowest BCUT2D eigenvalue weighted by Crippen LogP contribution is -2.55. The van der Waals surface area contributed by atoms with Crippen molar-refractivity contribution in [2.24, 2.45) is 0 Å².